The molecule has 0 amide bonds. The number of anilines is 1. The first-order valence-corrected chi connectivity index (χ1v) is 4.92. The third-order valence-corrected chi connectivity index (χ3v) is 2.23. The maximum atomic E-state index is 8.59. The Labute approximate surface area is 84.8 Å². The highest BCUT2D eigenvalue weighted by Gasteiger charge is 2.03. The van der Waals surface area contributed by atoms with E-state index in [2.05, 4.69) is 24.1 Å². The summed E-state index contributed by atoms with van der Waals surface area (Å²) < 4.78 is 0. The lowest BCUT2D eigenvalue weighted by Gasteiger charge is -2.14. The van der Waals surface area contributed by atoms with E-state index < -0.39 is 0 Å². The number of aromatic nitrogens is 1. The van der Waals surface area contributed by atoms with Crippen molar-refractivity contribution >= 4 is 5.82 Å². The Morgan fingerprint density at radius 1 is 1.43 bits per heavy atom. The molecule has 0 saturated carbocycles. The molecule has 74 valence electrons. The second-order valence-electron chi connectivity index (χ2n) is 3.20. The fourth-order valence-electron chi connectivity index (χ4n) is 1.25. The van der Waals surface area contributed by atoms with Crippen LogP contribution in [0.2, 0.25) is 0 Å². The molecule has 0 aromatic carbocycles. The Bertz CT molecular complexity index is 306. The average molecular weight is 189 g/mol. The predicted octanol–water partition coefficient (Wildman–Crippen LogP) is 2.55. The minimum atomic E-state index is 0.468. The van der Waals surface area contributed by atoms with Crippen molar-refractivity contribution in [1.82, 2.24) is 4.98 Å². The zero-order valence-electron chi connectivity index (χ0n) is 8.62. The van der Waals surface area contributed by atoms with Crippen molar-refractivity contribution in [3.63, 3.8) is 0 Å². The van der Waals surface area contributed by atoms with Crippen molar-refractivity contribution in [2.24, 2.45) is 0 Å². The van der Waals surface area contributed by atoms with Crippen molar-refractivity contribution in [2.45, 2.75) is 32.7 Å². The molecule has 1 aromatic heterocycles. The van der Waals surface area contributed by atoms with Gasteiger partial charge >= 0.3 is 0 Å². The molecule has 0 aliphatic heterocycles. The summed E-state index contributed by atoms with van der Waals surface area (Å²) in [5.41, 5.74) is 0.597. The molecule has 0 bridgehead atoms. The van der Waals surface area contributed by atoms with Crippen molar-refractivity contribution in [1.29, 1.82) is 5.26 Å². The van der Waals surface area contributed by atoms with Gasteiger partial charge < -0.3 is 5.32 Å². The molecule has 1 aromatic rings. The number of hydrogen-bond donors (Lipinski definition) is 1. The molecule has 0 radical (unpaired) electrons. The van der Waals surface area contributed by atoms with Crippen LogP contribution in [0.4, 0.5) is 5.82 Å². The van der Waals surface area contributed by atoms with Crippen LogP contribution in [0, 0.1) is 11.3 Å². The maximum Gasteiger partial charge on any atom is 0.126 e. The average Bonchev–Trinajstić information content (AvgIpc) is 2.26. The highest BCUT2D eigenvalue weighted by molar-refractivity contribution is 5.39. The lowest BCUT2D eigenvalue weighted by molar-refractivity contribution is 0.668. The van der Waals surface area contributed by atoms with E-state index in [0.29, 0.717) is 11.6 Å². The van der Waals surface area contributed by atoms with Gasteiger partial charge in [0.25, 0.3) is 0 Å². The Morgan fingerprint density at radius 3 is 2.57 bits per heavy atom. The van der Waals surface area contributed by atoms with Crippen LogP contribution >= 0.6 is 0 Å². The molecule has 0 atom stereocenters. The van der Waals surface area contributed by atoms with Crippen molar-refractivity contribution < 1.29 is 0 Å². The van der Waals surface area contributed by atoms with Gasteiger partial charge in [-0.2, -0.15) is 5.26 Å². The topological polar surface area (TPSA) is 48.7 Å². The van der Waals surface area contributed by atoms with E-state index in [1.54, 1.807) is 12.3 Å². The zero-order chi connectivity index (χ0) is 10.4. The first-order chi connectivity index (χ1) is 6.80. The first kappa shape index (κ1) is 10.5. The van der Waals surface area contributed by atoms with Gasteiger partial charge in [0.15, 0.2) is 0 Å². The number of nitrogens with zero attached hydrogens (tertiary/aromatic N) is 2. The Kier molecular flexibility index (Phi) is 3.93. The second kappa shape index (κ2) is 5.23. The largest absolute Gasteiger partial charge is 0.367 e. The number of nitrogens with one attached hydrogen (secondary N) is 1. The molecule has 1 heterocycles. The molecular weight excluding hydrogens is 174 g/mol. The van der Waals surface area contributed by atoms with E-state index in [4.69, 9.17) is 5.26 Å². The van der Waals surface area contributed by atoms with E-state index in [9.17, 15) is 0 Å². The standard InChI is InChI=1S/C11H15N3/c1-3-10(4-2)14-11-6-5-9(7-12)8-13-11/h5-6,8,10H,3-4H2,1-2H3,(H,13,14). The monoisotopic (exact) mass is 189 g/mol. The van der Waals surface area contributed by atoms with Gasteiger partial charge in [0, 0.05) is 12.2 Å². The summed E-state index contributed by atoms with van der Waals surface area (Å²) >= 11 is 0. The van der Waals surface area contributed by atoms with Gasteiger partial charge in [-0.1, -0.05) is 13.8 Å². The van der Waals surface area contributed by atoms with E-state index in [1.165, 1.54) is 0 Å². The Hall–Kier alpha value is -1.56. The smallest absolute Gasteiger partial charge is 0.126 e. The summed E-state index contributed by atoms with van der Waals surface area (Å²) in [6, 6.07) is 6.13. The third kappa shape index (κ3) is 2.74. The molecule has 0 saturated heterocycles. The lowest BCUT2D eigenvalue weighted by atomic mass is 10.2. The Balaban J connectivity index is 2.64. The molecule has 14 heavy (non-hydrogen) atoms. The zero-order valence-corrected chi connectivity index (χ0v) is 8.62. The molecule has 0 aliphatic carbocycles. The molecule has 3 nitrogen and oxygen atoms in total. The van der Waals surface area contributed by atoms with Gasteiger partial charge in [-0.05, 0) is 25.0 Å². The summed E-state index contributed by atoms with van der Waals surface area (Å²) in [7, 11) is 0. The van der Waals surface area contributed by atoms with Crippen LogP contribution in [0.5, 0.6) is 0 Å². The van der Waals surface area contributed by atoms with Crippen molar-refractivity contribution in [3.8, 4) is 6.07 Å². The summed E-state index contributed by atoms with van der Waals surface area (Å²) in [6.45, 7) is 4.29. The van der Waals surface area contributed by atoms with Crippen LogP contribution < -0.4 is 5.32 Å². The summed E-state index contributed by atoms with van der Waals surface area (Å²) in [6.07, 6.45) is 3.75. The molecular formula is C11H15N3. The summed E-state index contributed by atoms with van der Waals surface area (Å²) in [4.78, 5) is 4.15. The first-order valence-electron chi connectivity index (χ1n) is 4.92. The van der Waals surface area contributed by atoms with Crippen LogP contribution in [0.3, 0.4) is 0 Å². The fraction of sp³-hybridized carbons (Fsp3) is 0.455. The molecule has 0 aliphatic rings. The van der Waals surface area contributed by atoms with Crippen LogP contribution in [0.25, 0.3) is 0 Å². The normalized spacial score (nSPS) is 9.86. The lowest BCUT2D eigenvalue weighted by Crippen LogP contribution is -2.17. The van der Waals surface area contributed by atoms with Gasteiger partial charge in [0.2, 0.25) is 0 Å². The van der Waals surface area contributed by atoms with Crippen LogP contribution in [0.1, 0.15) is 32.3 Å². The minimum Gasteiger partial charge on any atom is -0.367 e. The van der Waals surface area contributed by atoms with E-state index in [-0.39, 0.29) is 0 Å². The highest BCUT2D eigenvalue weighted by atomic mass is 15.0. The van der Waals surface area contributed by atoms with Gasteiger partial charge in [-0.15, -0.1) is 0 Å². The van der Waals surface area contributed by atoms with Crippen molar-refractivity contribution in [2.75, 3.05) is 5.32 Å². The predicted molar refractivity (Wildman–Crippen MR) is 56.9 cm³/mol. The van der Waals surface area contributed by atoms with Gasteiger partial charge in [-0.3, -0.25) is 0 Å². The van der Waals surface area contributed by atoms with Gasteiger partial charge in [0.1, 0.15) is 11.9 Å². The number of hydrogen-bond acceptors (Lipinski definition) is 3. The molecule has 0 unspecified atom stereocenters. The molecule has 0 spiro atoms. The molecule has 0 fully saturated rings. The number of rotatable bonds is 4. The van der Waals surface area contributed by atoms with E-state index in [1.807, 2.05) is 12.1 Å². The van der Waals surface area contributed by atoms with Gasteiger partial charge in [0.05, 0.1) is 5.56 Å². The second-order valence-corrected chi connectivity index (χ2v) is 3.20. The minimum absolute atomic E-state index is 0.468. The van der Waals surface area contributed by atoms with Crippen molar-refractivity contribution in [3.05, 3.63) is 23.9 Å². The van der Waals surface area contributed by atoms with Gasteiger partial charge in [-0.25, -0.2) is 4.98 Å². The van der Waals surface area contributed by atoms with Crippen LogP contribution in [0.15, 0.2) is 18.3 Å². The third-order valence-electron chi connectivity index (χ3n) is 2.23. The van der Waals surface area contributed by atoms with Crippen LogP contribution in [-0.4, -0.2) is 11.0 Å². The molecule has 3 heteroatoms. The van der Waals surface area contributed by atoms with E-state index >= 15 is 0 Å². The van der Waals surface area contributed by atoms with Crippen LogP contribution in [-0.2, 0) is 0 Å². The molecule has 1 N–H and O–H groups in total. The van der Waals surface area contributed by atoms with E-state index in [0.717, 1.165) is 18.7 Å². The summed E-state index contributed by atoms with van der Waals surface area (Å²) in [5, 5.41) is 11.9. The quantitative estimate of drug-likeness (QED) is 0.791. The number of nitriles is 1. The SMILES string of the molecule is CCC(CC)Nc1ccc(C#N)cn1. The highest BCUT2D eigenvalue weighted by Crippen LogP contribution is 2.09. The summed E-state index contributed by atoms with van der Waals surface area (Å²) in [5.74, 6) is 0.845. The fourth-order valence-corrected chi connectivity index (χ4v) is 1.25. The Morgan fingerprint density at radius 2 is 2.14 bits per heavy atom. The molecule has 1 rings (SSSR count). The number of pyridine rings is 1. The maximum absolute atomic E-state index is 8.59.